The minimum Gasteiger partial charge on any atom is -0.481 e. The van der Waals surface area contributed by atoms with Crippen LogP contribution in [0.25, 0.3) is 0 Å². The average Bonchev–Trinajstić information content (AvgIpc) is 3.16. The molecule has 1 aromatic carbocycles. The van der Waals surface area contributed by atoms with E-state index in [0.717, 1.165) is 0 Å². The number of carboxylic acids is 1. The van der Waals surface area contributed by atoms with Crippen molar-refractivity contribution >= 4 is 23.5 Å². The lowest BCUT2D eigenvalue weighted by atomic mass is 9.82. The molecule has 2 heterocycles. The number of hydrogen-bond acceptors (Lipinski definition) is 5. The molecular weight excluding hydrogens is 314 g/mol. The number of ether oxygens (including phenoxy) is 2. The van der Waals surface area contributed by atoms with Crippen LogP contribution in [0.4, 0.5) is 5.69 Å². The topological polar surface area (TPSA) is 102 Å². The van der Waals surface area contributed by atoms with E-state index in [0.29, 0.717) is 11.3 Å². The standard InChI is InChI=1S/C17H17NO6/c1-2-23-17(22)9-3-5-10(6-4-9)18-15(19)13-11-7-8-12(24-11)14(13)16(20)21/h3-8,11-14H,2H2,1H3,(H,18,19)(H,20,21)/t11-,12+,13?,14?/m1/s1. The molecule has 1 amide bonds. The predicted molar refractivity (Wildman–Crippen MR) is 83.4 cm³/mol. The van der Waals surface area contributed by atoms with Gasteiger partial charge in [-0.2, -0.15) is 0 Å². The van der Waals surface area contributed by atoms with Crippen molar-refractivity contribution in [1.82, 2.24) is 0 Å². The maximum Gasteiger partial charge on any atom is 0.338 e. The van der Waals surface area contributed by atoms with Crippen LogP contribution in [-0.4, -0.2) is 41.8 Å². The summed E-state index contributed by atoms with van der Waals surface area (Å²) < 4.78 is 10.4. The van der Waals surface area contributed by atoms with Crippen LogP contribution in [0.2, 0.25) is 0 Å². The summed E-state index contributed by atoms with van der Waals surface area (Å²) in [6, 6.07) is 6.23. The number of esters is 1. The van der Waals surface area contributed by atoms with Gasteiger partial charge in [0.1, 0.15) is 5.92 Å². The summed E-state index contributed by atoms with van der Waals surface area (Å²) in [5, 5.41) is 12.0. The van der Waals surface area contributed by atoms with E-state index in [2.05, 4.69) is 5.32 Å². The Balaban J connectivity index is 1.70. The van der Waals surface area contributed by atoms with E-state index in [1.54, 1.807) is 43.3 Å². The van der Waals surface area contributed by atoms with Gasteiger partial charge in [0, 0.05) is 5.69 Å². The van der Waals surface area contributed by atoms with Crippen molar-refractivity contribution in [3.63, 3.8) is 0 Å². The van der Waals surface area contributed by atoms with Crippen LogP contribution in [-0.2, 0) is 19.1 Å². The number of amides is 1. The highest BCUT2D eigenvalue weighted by Crippen LogP contribution is 2.39. The highest BCUT2D eigenvalue weighted by Gasteiger charge is 2.53. The molecule has 1 aromatic rings. The van der Waals surface area contributed by atoms with Gasteiger partial charge >= 0.3 is 11.9 Å². The summed E-state index contributed by atoms with van der Waals surface area (Å²) in [6.45, 7) is 2.00. The van der Waals surface area contributed by atoms with E-state index < -0.39 is 41.9 Å². The fourth-order valence-electron chi connectivity index (χ4n) is 3.04. The third-order valence-corrected chi connectivity index (χ3v) is 4.15. The molecule has 4 atom stereocenters. The van der Waals surface area contributed by atoms with Gasteiger partial charge in [0.15, 0.2) is 0 Å². The number of fused-ring (bicyclic) bond motifs is 2. The van der Waals surface area contributed by atoms with Crippen LogP contribution in [0.3, 0.4) is 0 Å². The van der Waals surface area contributed by atoms with Crippen LogP contribution in [0.1, 0.15) is 17.3 Å². The summed E-state index contributed by atoms with van der Waals surface area (Å²) in [4.78, 5) is 35.4. The molecule has 2 N–H and O–H groups in total. The molecule has 2 aliphatic rings. The first kappa shape index (κ1) is 16.2. The van der Waals surface area contributed by atoms with Crippen LogP contribution in [0.15, 0.2) is 36.4 Å². The van der Waals surface area contributed by atoms with E-state index in [1.807, 2.05) is 0 Å². The molecule has 0 aliphatic carbocycles. The van der Waals surface area contributed by atoms with Gasteiger partial charge < -0.3 is 19.9 Å². The molecular formula is C17H17NO6. The minimum atomic E-state index is -1.05. The first-order valence-electron chi connectivity index (χ1n) is 7.66. The van der Waals surface area contributed by atoms with Crippen LogP contribution < -0.4 is 5.32 Å². The lowest BCUT2D eigenvalue weighted by Gasteiger charge is -2.21. The molecule has 2 unspecified atom stereocenters. The Morgan fingerprint density at radius 2 is 1.75 bits per heavy atom. The Morgan fingerprint density at radius 3 is 2.33 bits per heavy atom. The maximum atomic E-state index is 12.5. The van der Waals surface area contributed by atoms with E-state index in [4.69, 9.17) is 9.47 Å². The molecule has 0 aromatic heterocycles. The lowest BCUT2D eigenvalue weighted by molar-refractivity contribution is -0.145. The maximum absolute atomic E-state index is 12.5. The first-order valence-corrected chi connectivity index (χ1v) is 7.66. The molecule has 0 saturated carbocycles. The molecule has 1 fully saturated rings. The number of nitrogens with one attached hydrogen (secondary N) is 1. The average molecular weight is 331 g/mol. The summed E-state index contributed by atoms with van der Waals surface area (Å²) >= 11 is 0. The molecule has 24 heavy (non-hydrogen) atoms. The fourth-order valence-corrected chi connectivity index (χ4v) is 3.04. The number of benzene rings is 1. The van der Waals surface area contributed by atoms with Crippen LogP contribution in [0, 0.1) is 11.8 Å². The van der Waals surface area contributed by atoms with Crippen molar-refractivity contribution in [1.29, 1.82) is 0 Å². The largest absolute Gasteiger partial charge is 0.481 e. The number of hydrogen-bond donors (Lipinski definition) is 2. The van der Waals surface area contributed by atoms with E-state index in [1.165, 1.54) is 0 Å². The van der Waals surface area contributed by atoms with Crippen molar-refractivity contribution in [2.45, 2.75) is 19.1 Å². The molecule has 7 heteroatoms. The second-order valence-corrected chi connectivity index (χ2v) is 5.63. The molecule has 0 radical (unpaired) electrons. The quantitative estimate of drug-likeness (QED) is 0.625. The van der Waals surface area contributed by atoms with Crippen LogP contribution >= 0.6 is 0 Å². The SMILES string of the molecule is CCOC(=O)c1ccc(NC(=O)C2C(C(=O)O)[C@@H]3C=C[C@H]2O3)cc1. The summed E-state index contributed by atoms with van der Waals surface area (Å²) in [5.74, 6) is -3.57. The molecule has 7 nitrogen and oxygen atoms in total. The highest BCUT2D eigenvalue weighted by atomic mass is 16.5. The second-order valence-electron chi connectivity index (χ2n) is 5.63. The second kappa shape index (κ2) is 6.45. The van der Waals surface area contributed by atoms with E-state index in [9.17, 15) is 19.5 Å². The predicted octanol–water partition coefficient (Wildman–Crippen LogP) is 1.46. The molecule has 0 spiro atoms. The minimum absolute atomic E-state index is 0.283. The summed E-state index contributed by atoms with van der Waals surface area (Å²) in [6.07, 6.45) is 2.32. The fraction of sp³-hybridized carbons (Fsp3) is 0.353. The van der Waals surface area contributed by atoms with E-state index in [-0.39, 0.29) is 6.61 Å². The number of rotatable bonds is 5. The van der Waals surface area contributed by atoms with Gasteiger partial charge in [-0.3, -0.25) is 9.59 Å². The zero-order valence-electron chi connectivity index (χ0n) is 13.0. The molecule has 126 valence electrons. The van der Waals surface area contributed by atoms with Gasteiger partial charge in [-0.05, 0) is 31.2 Å². The molecule has 2 aliphatic heterocycles. The number of carbonyl (C=O) groups excluding carboxylic acids is 2. The monoisotopic (exact) mass is 331 g/mol. The van der Waals surface area contributed by atoms with Gasteiger partial charge in [-0.1, -0.05) is 12.2 Å². The molecule has 3 rings (SSSR count). The molecule has 1 saturated heterocycles. The Kier molecular flexibility index (Phi) is 4.35. The van der Waals surface area contributed by atoms with Gasteiger partial charge in [-0.15, -0.1) is 0 Å². The van der Waals surface area contributed by atoms with Gasteiger partial charge in [-0.25, -0.2) is 4.79 Å². The van der Waals surface area contributed by atoms with Gasteiger partial charge in [0.2, 0.25) is 5.91 Å². The zero-order valence-corrected chi connectivity index (χ0v) is 13.0. The number of carbonyl (C=O) groups is 3. The number of aliphatic carboxylic acids is 1. The Hall–Kier alpha value is -2.67. The summed E-state index contributed by atoms with van der Waals surface area (Å²) in [5.41, 5.74) is 0.855. The van der Waals surface area contributed by atoms with Crippen molar-refractivity contribution in [3.05, 3.63) is 42.0 Å². The number of anilines is 1. The highest BCUT2D eigenvalue weighted by molar-refractivity contribution is 5.97. The van der Waals surface area contributed by atoms with E-state index >= 15 is 0 Å². The number of carboxylic acid groups (broad SMARTS) is 1. The third kappa shape index (κ3) is 2.90. The van der Waals surface area contributed by atoms with Crippen molar-refractivity contribution in [2.24, 2.45) is 11.8 Å². The summed E-state index contributed by atoms with van der Waals surface area (Å²) in [7, 11) is 0. The molecule has 2 bridgehead atoms. The zero-order chi connectivity index (χ0) is 17.3. The smallest absolute Gasteiger partial charge is 0.338 e. The van der Waals surface area contributed by atoms with Crippen LogP contribution in [0.5, 0.6) is 0 Å². The lowest BCUT2D eigenvalue weighted by Crippen LogP contribution is -2.39. The van der Waals surface area contributed by atoms with Crippen molar-refractivity contribution < 1.29 is 29.0 Å². The van der Waals surface area contributed by atoms with Crippen molar-refractivity contribution in [3.8, 4) is 0 Å². The Bertz CT molecular complexity index is 696. The van der Waals surface area contributed by atoms with Crippen molar-refractivity contribution in [2.75, 3.05) is 11.9 Å². The normalized spacial score (nSPS) is 27.0. The van der Waals surface area contributed by atoms with Gasteiger partial charge in [0.05, 0.1) is 30.3 Å². The first-order chi connectivity index (χ1) is 11.5. The third-order valence-electron chi connectivity index (χ3n) is 4.15. The Morgan fingerprint density at radius 1 is 1.12 bits per heavy atom. The Labute approximate surface area is 138 Å². The van der Waals surface area contributed by atoms with Gasteiger partial charge in [0.25, 0.3) is 0 Å².